The molecule has 23 heavy (non-hydrogen) atoms. The van der Waals surface area contributed by atoms with E-state index in [1.54, 1.807) is 13.3 Å². The van der Waals surface area contributed by atoms with Gasteiger partial charge in [-0.3, -0.25) is 9.78 Å². The molecule has 120 valence electrons. The summed E-state index contributed by atoms with van der Waals surface area (Å²) in [5.74, 6) is 0.766. The van der Waals surface area contributed by atoms with Gasteiger partial charge in [0.05, 0.1) is 35.9 Å². The summed E-state index contributed by atoms with van der Waals surface area (Å²) >= 11 is 0. The van der Waals surface area contributed by atoms with Crippen LogP contribution in [0.1, 0.15) is 26.2 Å². The molecule has 2 aliphatic rings. The standard InChI is InChI=1S/C18H20N2O3/c1-18(10-11-5-8-15(18)23-11)17(21)20-13-6-7-14(22-2)12-4-3-9-19-16(12)13/h3-4,6-7,9,11,15H,5,8,10H2,1-2H3,(H,20,21)/t11-,15-,18+/m1/s1. The number of hydrogen-bond donors (Lipinski definition) is 1. The van der Waals surface area contributed by atoms with Crippen molar-refractivity contribution >= 4 is 22.5 Å². The molecule has 2 saturated heterocycles. The van der Waals surface area contributed by atoms with Crippen molar-refractivity contribution < 1.29 is 14.3 Å². The molecule has 1 aromatic carbocycles. The summed E-state index contributed by atoms with van der Waals surface area (Å²) in [6.45, 7) is 2.01. The molecule has 3 atom stereocenters. The number of rotatable bonds is 3. The van der Waals surface area contributed by atoms with Crippen LogP contribution in [0.2, 0.25) is 0 Å². The van der Waals surface area contributed by atoms with Crippen molar-refractivity contribution in [2.24, 2.45) is 5.41 Å². The minimum atomic E-state index is -0.454. The fraction of sp³-hybridized carbons (Fsp3) is 0.444. The molecule has 1 N–H and O–H groups in total. The van der Waals surface area contributed by atoms with Gasteiger partial charge in [-0.1, -0.05) is 0 Å². The van der Waals surface area contributed by atoms with Gasteiger partial charge in [-0.15, -0.1) is 0 Å². The number of ether oxygens (including phenoxy) is 2. The molecule has 1 amide bonds. The van der Waals surface area contributed by atoms with Crippen molar-refractivity contribution in [2.75, 3.05) is 12.4 Å². The van der Waals surface area contributed by atoms with Crippen LogP contribution in [0.3, 0.4) is 0 Å². The lowest BCUT2D eigenvalue weighted by molar-refractivity contribution is -0.127. The number of aromatic nitrogens is 1. The average molecular weight is 312 g/mol. The zero-order valence-electron chi connectivity index (χ0n) is 13.3. The maximum Gasteiger partial charge on any atom is 0.233 e. The fourth-order valence-corrected chi connectivity index (χ4v) is 3.86. The summed E-state index contributed by atoms with van der Waals surface area (Å²) in [4.78, 5) is 17.3. The summed E-state index contributed by atoms with van der Waals surface area (Å²) in [5, 5.41) is 3.96. The Labute approximate surface area is 135 Å². The van der Waals surface area contributed by atoms with Crippen LogP contribution in [0.5, 0.6) is 5.75 Å². The van der Waals surface area contributed by atoms with Crippen molar-refractivity contribution in [3.8, 4) is 5.75 Å². The van der Waals surface area contributed by atoms with Gasteiger partial charge in [0.1, 0.15) is 5.75 Å². The number of fused-ring (bicyclic) bond motifs is 3. The topological polar surface area (TPSA) is 60.5 Å². The number of carbonyl (C=O) groups is 1. The average Bonchev–Trinajstić information content (AvgIpc) is 3.16. The van der Waals surface area contributed by atoms with E-state index in [0.29, 0.717) is 0 Å². The molecule has 2 aliphatic heterocycles. The molecule has 0 unspecified atom stereocenters. The first-order chi connectivity index (χ1) is 11.1. The summed E-state index contributed by atoms with van der Waals surface area (Å²) < 4.78 is 11.2. The molecule has 1 aromatic heterocycles. The Balaban J connectivity index is 1.67. The number of anilines is 1. The first-order valence-electron chi connectivity index (χ1n) is 8.00. The maximum atomic E-state index is 12.9. The van der Waals surface area contributed by atoms with E-state index in [-0.39, 0.29) is 18.1 Å². The van der Waals surface area contributed by atoms with E-state index in [4.69, 9.17) is 9.47 Å². The second-order valence-electron chi connectivity index (χ2n) is 6.61. The van der Waals surface area contributed by atoms with Crippen molar-refractivity contribution in [1.82, 2.24) is 4.98 Å². The number of hydrogen-bond acceptors (Lipinski definition) is 4. The van der Waals surface area contributed by atoms with Crippen molar-refractivity contribution in [2.45, 2.75) is 38.4 Å². The Morgan fingerprint density at radius 2 is 2.26 bits per heavy atom. The Bertz CT molecular complexity index is 776. The van der Waals surface area contributed by atoms with Crippen molar-refractivity contribution in [3.05, 3.63) is 30.5 Å². The van der Waals surface area contributed by atoms with Crippen LogP contribution < -0.4 is 10.1 Å². The molecular formula is C18H20N2O3. The van der Waals surface area contributed by atoms with E-state index in [1.165, 1.54) is 0 Å². The maximum absolute atomic E-state index is 12.9. The normalized spacial score (nSPS) is 29.0. The van der Waals surface area contributed by atoms with Gasteiger partial charge in [0, 0.05) is 11.6 Å². The smallest absolute Gasteiger partial charge is 0.233 e. The molecule has 5 nitrogen and oxygen atoms in total. The van der Waals surface area contributed by atoms with Gasteiger partial charge in [-0.2, -0.15) is 0 Å². The molecule has 2 bridgehead atoms. The Hall–Kier alpha value is -2.14. The van der Waals surface area contributed by atoms with Gasteiger partial charge in [0.15, 0.2) is 0 Å². The van der Waals surface area contributed by atoms with Gasteiger partial charge < -0.3 is 14.8 Å². The van der Waals surface area contributed by atoms with Crippen LogP contribution in [0, 0.1) is 5.41 Å². The van der Waals surface area contributed by atoms with Crippen LogP contribution in [0.15, 0.2) is 30.5 Å². The highest BCUT2D eigenvalue weighted by Gasteiger charge is 2.53. The zero-order valence-corrected chi connectivity index (χ0v) is 13.3. The van der Waals surface area contributed by atoms with E-state index in [2.05, 4.69) is 10.3 Å². The minimum absolute atomic E-state index is 0.0156. The van der Waals surface area contributed by atoms with Crippen LogP contribution in [0.4, 0.5) is 5.69 Å². The summed E-state index contributed by atoms with van der Waals surface area (Å²) in [7, 11) is 1.63. The molecule has 3 heterocycles. The molecule has 2 fully saturated rings. The second-order valence-corrected chi connectivity index (χ2v) is 6.61. The lowest BCUT2D eigenvalue weighted by Crippen LogP contribution is -2.41. The number of benzene rings is 1. The predicted octanol–water partition coefficient (Wildman–Crippen LogP) is 3.14. The number of amides is 1. The fourth-order valence-electron chi connectivity index (χ4n) is 3.86. The molecule has 0 aliphatic carbocycles. The van der Waals surface area contributed by atoms with E-state index in [1.807, 2.05) is 31.2 Å². The second kappa shape index (κ2) is 5.20. The van der Waals surface area contributed by atoms with Crippen LogP contribution >= 0.6 is 0 Å². The molecule has 5 heteroatoms. The third-order valence-electron chi connectivity index (χ3n) is 5.19. The third-order valence-corrected chi connectivity index (χ3v) is 5.19. The van der Waals surface area contributed by atoms with Gasteiger partial charge in [-0.25, -0.2) is 0 Å². The summed E-state index contributed by atoms with van der Waals surface area (Å²) in [6, 6.07) is 7.52. The van der Waals surface area contributed by atoms with Crippen LogP contribution in [-0.2, 0) is 9.53 Å². The quantitative estimate of drug-likeness (QED) is 0.946. The van der Waals surface area contributed by atoms with Gasteiger partial charge in [-0.05, 0) is 50.5 Å². The van der Waals surface area contributed by atoms with E-state index in [0.717, 1.165) is 41.6 Å². The number of methoxy groups -OCH3 is 1. The third kappa shape index (κ3) is 2.18. The van der Waals surface area contributed by atoms with Crippen LogP contribution in [0.25, 0.3) is 10.9 Å². The number of nitrogens with zero attached hydrogens (tertiary/aromatic N) is 1. The van der Waals surface area contributed by atoms with Crippen molar-refractivity contribution in [1.29, 1.82) is 0 Å². The first-order valence-corrected chi connectivity index (χ1v) is 8.00. The van der Waals surface area contributed by atoms with Gasteiger partial charge >= 0.3 is 0 Å². The Kier molecular flexibility index (Phi) is 3.27. The first kappa shape index (κ1) is 14.5. The highest BCUT2D eigenvalue weighted by Crippen LogP contribution is 2.48. The van der Waals surface area contributed by atoms with E-state index >= 15 is 0 Å². The number of pyridine rings is 1. The monoisotopic (exact) mass is 312 g/mol. The Morgan fingerprint density at radius 3 is 2.96 bits per heavy atom. The predicted molar refractivity (Wildman–Crippen MR) is 87.5 cm³/mol. The highest BCUT2D eigenvalue weighted by atomic mass is 16.5. The van der Waals surface area contributed by atoms with Crippen molar-refractivity contribution in [3.63, 3.8) is 0 Å². The zero-order chi connectivity index (χ0) is 16.0. The molecule has 0 radical (unpaired) electrons. The van der Waals surface area contributed by atoms with Gasteiger partial charge in [0.2, 0.25) is 5.91 Å². The van der Waals surface area contributed by atoms with Gasteiger partial charge in [0.25, 0.3) is 0 Å². The van der Waals surface area contributed by atoms with E-state index in [9.17, 15) is 4.79 Å². The summed E-state index contributed by atoms with van der Waals surface area (Å²) in [5.41, 5.74) is 1.01. The highest BCUT2D eigenvalue weighted by molar-refractivity contribution is 6.04. The molecule has 0 saturated carbocycles. The largest absolute Gasteiger partial charge is 0.496 e. The SMILES string of the molecule is COc1ccc(NC(=O)[C@@]2(C)C[C@H]3CC[C@H]2O3)c2ncccc12. The molecular weight excluding hydrogens is 292 g/mol. The molecule has 4 rings (SSSR count). The number of carbonyl (C=O) groups excluding carboxylic acids is 1. The minimum Gasteiger partial charge on any atom is -0.496 e. The Morgan fingerprint density at radius 1 is 1.39 bits per heavy atom. The lowest BCUT2D eigenvalue weighted by atomic mass is 9.75. The molecule has 0 spiro atoms. The summed E-state index contributed by atoms with van der Waals surface area (Å²) in [6.07, 6.45) is 4.83. The van der Waals surface area contributed by atoms with Crippen LogP contribution in [-0.4, -0.2) is 30.2 Å². The number of nitrogens with one attached hydrogen (secondary N) is 1. The lowest BCUT2D eigenvalue weighted by Gasteiger charge is -2.29. The van der Waals surface area contributed by atoms with E-state index < -0.39 is 5.41 Å². The molecule has 2 aromatic rings.